The molecule has 3 fully saturated rings. The van der Waals surface area contributed by atoms with Gasteiger partial charge in [0.2, 0.25) is 5.91 Å². The van der Waals surface area contributed by atoms with Crippen molar-refractivity contribution in [2.45, 2.75) is 76.7 Å². The van der Waals surface area contributed by atoms with Crippen molar-refractivity contribution in [3.05, 3.63) is 0 Å². The lowest BCUT2D eigenvalue weighted by atomic mass is 9.94. The van der Waals surface area contributed by atoms with Crippen molar-refractivity contribution in [2.24, 2.45) is 11.8 Å². The number of nitrogens with zero attached hydrogens (tertiary/aromatic N) is 1. The molecule has 0 radical (unpaired) electrons. The molecule has 1 aliphatic heterocycles. The molecule has 3 heteroatoms. The first-order valence-electron chi connectivity index (χ1n) is 8.58. The number of likely N-dealkylation sites (tertiary alicyclic amines) is 1. The van der Waals surface area contributed by atoms with E-state index < -0.39 is 0 Å². The minimum Gasteiger partial charge on any atom is -0.339 e. The van der Waals surface area contributed by atoms with E-state index >= 15 is 0 Å². The van der Waals surface area contributed by atoms with E-state index in [0.717, 1.165) is 51.0 Å². The van der Waals surface area contributed by atoms with Gasteiger partial charge in [-0.05, 0) is 38.0 Å². The molecule has 3 rings (SSSR count). The third-order valence-corrected chi connectivity index (χ3v) is 5.68. The van der Waals surface area contributed by atoms with Crippen molar-refractivity contribution >= 4 is 11.7 Å². The van der Waals surface area contributed by atoms with Gasteiger partial charge < -0.3 is 4.90 Å². The Balaban J connectivity index is 1.54. The summed E-state index contributed by atoms with van der Waals surface area (Å²) in [6.45, 7) is 0.887. The van der Waals surface area contributed by atoms with Crippen LogP contribution in [0.2, 0.25) is 0 Å². The van der Waals surface area contributed by atoms with Crippen LogP contribution >= 0.6 is 0 Å². The lowest BCUT2D eigenvalue weighted by molar-refractivity contribution is -0.134. The Hall–Kier alpha value is -0.860. The lowest BCUT2D eigenvalue weighted by Gasteiger charge is -2.29. The predicted octanol–water partition coefficient (Wildman–Crippen LogP) is 3.32. The van der Waals surface area contributed by atoms with Crippen LogP contribution in [0.5, 0.6) is 0 Å². The van der Waals surface area contributed by atoms with Crippen LogP contribution in [0.3, 0.4) is 0 Å². The Bertz CT molecular complexity index is 373. The van der Waals surface area contributed by atoms with E-state index in [1.54, 1.807) is 0 Å². The molecule has 0 aromatic rings. The van der Waals surface area contributed by atoms with E-state index in [1.807, 2.05) is 0 Å². The summed E-state index contributed by atoms with van der Waals surface area (Å²) in [6.07, 6.45) is 12.0. The fourth-order valence-electron chi connectivity index (χ4n) is 4.54. The summed E-state index contributed by atoms with van der Waals surface area (Å²) in [5, 5.41) is 0. The van der Waals surface area contributed by atoms with Crippen molar-refractivity contribution in [3.63, 3.8) is 0 Å². The zero-order valence-electron chi connectivity index (χ0n) is 12.5. The van der Waals surface area contributed by atoms with Crippen LogP contribution in [-0.2, 0) is 9.59 Å². The fourth-order valence-corrected chi connectivity index (χ4v) is 4.54. The molecule has 0 N–H and O–H groups in total. The number of rotatable bonds is 4. The van der Waals surface area contributed by atoms with Crippen LogP contribution in [0.4, 0.5) is 0 Å². The summed E-state index contributed by atoms with van der Waals surface area (Å²) in [7, 11) is 0. The molecule has 112 valence electrons. The maximum absolute atomic E-state index is 12.5. The molecule has 2 saturated carbocycles. The minimum atomic E-state index is 0.160. The van der Waals surface area contributed by atoms with E-state index in [4.69, 9.17) is 0 Å². The van der Waals surface area contributed by atoms with E-state index in [0.29, 0.717) is 18.1 Å². The van der Waals surface area contributed by atoms with Crippen molar-refractivity contribution in [1.82, 2.24) is 4.90 Å². The molecule has 0 bridgehead atoms. The molecular formula is C17H27NO2. The summed E-state index contributed by atoms with van der Waals surface area (Å²) in [6, 6.07) is 0.237. The molecule has 1 amide bonds. The van der Waals surface area contributed by atoms with Gasteiger partial charge in [-0.2, -0.15) is 0 Å². The highest BCUT2D eigenvalue weighted by molar-refractivity contribution is 5.85. The van der Waals surface area contributed by atoms with Gasteiger partial charge in [-0.15, -0.1) is 0 Å². The maximum atomic E-state index is 12.5. The van der Waals surface area contributed by atoms with Gasteiger partial charge in [-0.3, -0.25) is 9.59 Å². The molecule has 0 spiro atoms. The Labute approximate surface area is 122 Å². The molecule has 0 aromatic heterocycles. The molecule has 0 aromatic carbocycles. The van der Waals surface area contributed by atoms with Gasteiger partial charge in [0.15, 0.2) is 0 Å². The summed E-state index contributed by atoms with van der Waals surface area (Å²) in [4.78, 5) is 26.5. The van der Waals surface area contributed by atoms with Crippen molar-refractivity contribution in [2.75, 3.05) is 6.54 Å². The summed E-state index contributed by atoms with van der Waals surface area (Å²) < 4.78 is 0. The monoisotopic (exact) mass is 277 g/mol. The number of carbonyl (C=O) groups excluding carboxylic acids is 2. The van der Waals surface area contributed by atoms with Crippen LogP contribution in [-0.4, -0.2) is 29.2 Å². The Kier molecular flexibility index (Phi) is 4.42. The largest absolute Gasteiger partial charge is 0.339 e. The SMILES string of the molecule is O=C1CCCC1C1CCCN1C(=O)CCC1CCCC1. The van der Waals surface area contributed by atoms with E-state index in [2.05, 4.69) is 4.90 Å². The number of ketones is 1. The molecule has 1 heterocycles. The van der Waals surface area contributed by atoms with Gasteiger partial charge in [-0.1, -0.05) is 25.7 Å². The second-order valence-electron chi connectivity index (χ2n) is 6.95. The van der Waals surface area contributed by atoms with Gasteiger partial charge >= 0.3 is 0 Å². The minimum absolute atomic E-state index is 0.160. The lowest BCUT2D eigenvalue weighted by Crippen LogP contribution is -2.41. The van der Waals surface area contributed by atoms with Crippen LogP contribution in [0.15, 0.2) is 0 Å². The van der Waals surface area contributed by atoms with Gasteiger partial charge in [0.05, 0.1) is 0 Å². The highest BCUT2D eigenvalue weighted by Crippen LogP contribution is 2.34. The second kappa shape index (κ2) is 6.28. The third-order valence-electron chi connectivity index (χ3n) is 5.68. The van der Waals surface area contributed by atoms with Crippen molar-refractivity contribution in [3.8, 4) is 0 Å². The van der Waals surface area contributed by atoms with Crippen molar-refractivity contribution < 1.29 is 9.59 Å². The van der Waals surface area contributed by atoms with Gasteiger partial charge in [0, 0.05) is 31.3 Å². The second-order valence-corrected chi connectivity index (χ2v) is 6.95. The first-order valence-corrected chi connectivity index (χ1v) is 8.58. The maximum Gasteiger partial charge on any atom is 0.222 e. The molecule has 3 aliphatic rings. The number of hydrogen-bond acceptors (Lipinski definition) is 2. The molecule has 2 atom stereocenters. The molecule has 20 heavy (non-hydrogen) atoms. The Morgan fingerprint density at radius 3 is 2.55 bits per heavy atom. The summed E-state index contributed by atoms with van der Waals surface area (Å²) in [5.74, 6) is 1.67. The molecular weight excluding hydrogens is 250 g/mol. The number of carbonyl (C=O) groups is 2. The van der Waals surface area contributed by atoms with Crippen molar-refractivity contribution in [1.29, 1.82) is 0 Å². The standard InChI is InChI=1S/C17H27NO2/c19-16-9-3-7-14(16)15-8-4-12-18(15)17(20)11-10-13-5-1-2-6-13/h13-15H,1-12H2. The third kappa shape index (κ3) is 2.91. The Morgan fingerprint density at radius 1 is 1.05 bits per heavy atom. The Morgan fingerprint density at radius 2 is 1.85 bits per heavy atom. The first-order chi connectivity index (χ1) is 9.75. The zero-order valence-corrected chi connectivity index (χ0v) is 12.5. The summed E-state index contributed by atoms with van der Waals surface area (Å²) in [5.41, 5.74) is 0. The zero-order chi connectivity index (χ0) is 13.9. The average molecular weight is 277 g/mol. The highest BCUT2D eigenvalue weighted by atomic mass is 16.2. The fraction of sp³-hybridized carbons (Fsp3) is 0.882. The topological polar surface area (TPSA) is 37.4 Å². The first kappa shape index (κ1) is 14.1. The van der Waals surface area contributed by atoms with Gasteiger partial charge in [0.1, 0.15) is 5.78 Å². The van der Waals surface area contributed by atoms with E-state index in [-0.39, 0.29) is 12.0 Å². The van der Waals surface area contributed by atoms with Crippen LogP contribution in [0, 0.1) is 11.8 Å². The van der Waals surface area contributed by atoms with Crippen LogP contribution < -0.4 is 0 Å². The molecule has 3 nitrogen and oxygen atoms in total. The smallest absolute Gasteiger partial charge is 0.222 e. The average Bonchev–Trinajstić information content (AvgIpc) is 3.16. The van der Waals surface area contributed by atoms with Crippen LogP contribution in [0.25, 0.3) is 0 Å². The quantitative estimate of drug-likeness (QED) is 0.790. The number of amides is 1. The number of Topliss-reactive ketones (excluding diaryl/α,β-unsaturated/α-hetero) is 1. The van der Waals surface area contributed by atoms with Gasteiger partial charge in [0.25, 0.3) is 0 Å². The van der Waals surface area contributed by atoms with Crippen LogP contribution in [0.1, 0.15) is 70.6 Å². The molecule has 2 unspecified atom stereocenters. The molecule has 1 saturated heterocycles. The van der Waals surface area contributed by atoms with E-state index in [1.165, 1.54) is 25.7 Å². The van der Waals surface area contributed by atoms with Gasteiger partial charge in [-0.25, -0.2) is 0 Å². The summed E-state index contributed by atoms with van der Waals surface area (Å²) >= 11 is 0. The highest BCUT2D eigenvalue weighted by Gasteiger charge is 2.39. The number of hydrogen-bond donors (Lipinski definition) is 0. The normalized spacial score (nSPS) is 31.4. The molecule has 2 aliphatic carbocycles. The van der Waals surface area contributed by atoms with E-state index in [9.17, 15) is 9.59 Å². The predicted molar refractivity (Wildman–Crippen MR) is 78.3 cm³/mol.